The second-order valence-electron chi connectivity index (χ2n) is 13.3. The number of fused-ring (bicyclic) bond motifs is 1. The molecule has 1 heterocycles. The first-order valence-electron chi connectivity index (χ1n) is 17.1. The Bertz CT molecular complexity index is 1280. The van der Waals surface area contributed by atoms with Gasteiger partial charge in [-0.1, -0.05) is 56.5 Å². The van der Waals surface area contributed by atoms with Gasteiger partial charge >= 0.3 is 0 Å². The van der Waals surface area contributed by atoms with E-state index in [1.807, 2.05) is 63.1 Å². The minimum absolute atomic E-state index is 0.0698. The molecule has 1 aliphatic carbocycles. The fourth-order valence-corrected chi connectivity index (χ4v) is 6.47. The number of aliphatic hydroxyl groups excluding tert-OH is 1. The Morgan fingerprint density at radius 3 is 2.46 bits per heavy atom. The lowest BCUT2D eigenvalue weighted by atomic mass is 9.88. The predicted octanol–water partition coefficient (Wildman–Crippen LogP) is 5.70. The van der Waals surface area contributed by atoms with Crippen LogP contribution in [-0.2, 0) is 20.7 Å². The van der Waals surface area contributed by atoms with Crippen molar-refractivity contribution in [2.45, 2.75) is 96.8 Å². The quantitative estimate of drug-likeness (QED) is 0.385. The highest BCUT2D eigenvalue weighted by molar-refractivity contribution is 6.00. The Balaban J connectivity index is 1.58. The summed E-state index contributed by atoms with van der Waals surface area (Å²) in [6, 6.07) is 14.2. The molecule has 0 aromatic heterocycles. The lowest BCUT2D eigenvalue weighted by molar-refractivity contribution is -0.138. The first kappa shape index (κ1) is 35.4. The molecule has 0 radical (unpaired) electrons. The van der Waals surface area contributed by atoms with Crippen molar-refractivity contribution in [1.29, 1.82) is 0 Å². The maximum atomic E-state index is 14.3. The van der Waals surface area contributed by atoms with Gasteiger partial charge in [-0.25, -0.2) is 0 Å². The lowest BCUT2D eigenvalue weighted by Gasteiger charge is -2.36. The number of hydrogen-bond acceptors (Lipinski definition) is 6. The van der Waals surface area contributed by atoms with Crippen LogP contribution >= 0.6 is 0 Å². The number of hydrogen-bond donors (Lipinski definition) is 2. The molecule has 3 amide bonds. The summed E-state index contributed by atoms with van der Waals surface area (Å²) in [5.74, 6) is 0.0874. The molecule has 9 heteroatoms. The minimum Gasteiger partial charge on any atom is -0.490 e. The first-order chi connectivity index (χ1) is 22.2. The van der Waals surface area contributed by atoms with E-state index in [4.69, 9.17) is 9.47 Å². The average molecular weight is 636 g/mol. The molecule has 0 saturated heterocycles. The van der Waals surface area contributed by atoms with E-state index in [2.05, 4.69) is 5.32 Å². The van der Waals surface area contributed by atoms with Crippen molar-refractivity contribution < 1.29 is 29.0 Å². The van der Waals surface area contributed by atoms with Crippen molar-refractivity contribution in [2.75, 3.05) is 38.7 Å². The van der Waals surface area contributed by atoms with E-state index in [9.17, 15) is 19.5 Å². The van der Waals surface area contributed by atoms with E-state index < -0.39 is 6.04 Å². The Labute approximate surface area is 274 Å². The number of amides is 3. The second kappa shape index (κ2) is 17.5. The number of likely N-dealkylation sites (N-methyl/N-ethyl adjacent to an activating group) is 1. The third kappa shape index (κ3) is 10.0. The van der Waals surface area contributed by atoms with Crippen molar-refractivity contribution in [2.24, 2.45) is 11.8 Å². The number of carbonyl (C=O) groups is 3. The molecule has 0 spiro atoms. The summed E-state index contributed by atoms with van der Waals surface area (Å²) in [5, 5.41) is 13.2. The van der Waals surface area contributed by atoms with E-state index in [0.29, 0.717) is 36.7 Å². The topological polar surface area (TPSA) is 108 Å². The van der Waals surface area contributed by atoms with Crippen LogP contribution in [0.4, 0.5) is 5.69 Å². The van der Waals surface area contributed by atoms with Gasteiger partial charge in [0.2, 0.25) is 11.8 Å². The summed E-state index contributed by atoms with van der Waals surface area (Å²) < 4.78 is 12.7. The zero-order valence-corrected chi connectivity index (χ0v) is 28.1. The molecule has 46 heavy (non-hydrogen) atoms. The third-order valence-electron chi connectivity index (χ3n) is 9.33. The van der Waals surface area contributed by atoms with Crippen LogP contribution in [0.1, 0.15) is 88.1 Å². The zero-order chi connectivity index (χ0) is 33.1. The van der Waals surface area contributed by atoms with Crippen LogP contribution < -0.4 is 10.1 Å². The van der Waals surface area contributed by atoms with Gasteiger partial charge in [0.25, 0.3) is 5.91 Å². The Morgan fingerprint density at radius 2 is 1.74 bits per heavy atom. The molecule has 2 aliphatic rings. The number of carbonyl (C=O) groups excluding carboxylic acids is 3. The molecule has 1 fully saturated rings. The van der Waals surface area contributed by atoms with Gasteiger partial charge in [0.05, 0.1) is 36.8 Å². The molecule has 0 unspecified atom stereocenters. The van der Waals surface area contributed by atoms with Crippen LogP contribution in [0.2, 0.25) is 0 Å². The van der Waals surface area contributed by atoms with Crippen molar-refractivity contribution in [3.63, 3.8) is 0 Å². The standard InChI is InChI=1S/C37H53N3O6/c1-26-23-40(27(2)25-41)37(44)32-22-31(38-35(42)21-29-14-7-5-8-15-29)18-19-33(32)46-28(3)13-11-12-20-45-34(26)24-39(4)36(43)30-16-9-6-10-17-30/h5,7-8,14-15,18-19,22,26-28,30,34,41H,6,9-13,16-17,20-21,23-25H2,1-4H3,(H,38,42)/t26-,27+,28+,34-/m1/s1. The number of nitrogens with zero attached hydrogens (tertiary/aromatic N) is 2. The van der Waals surface area contributed by atoms with Gasteiger partial charge in [0, 0.05) is 44.3 Å². The highest BCUT2D eigenvalue weighted by atomic mass is 16.5. The van der Waals surface area contributed by atoms with Crippen molar-refractivity contribution in [3.8, 4) is 5.75 Å². The number of nitrogens with one attached hydrogen (secondary N) is 1. The van der Waals surface area contributed by atoms with Crippen LogP contribution in [0.5, 0.6) is 5.75 Å². The summed E-state index contributed by atoms with van der Waals surface area (Å²) in [6.45, 7) is 6.94. The van der Waals surface area contributed by atoms with Gasteiger partial charge < -0.3 is 29.7 Å². The molecule has 4 atom stereocenters. The number of aliphatic hydroxyl groups is 1. The van der Waals surface area contributed by atoms with Gasteiger partial charge in [0.1, 0.15) is 5.75 Å². The molecule has 0 bridgehead atoms. The van der Waals surface area contributed by atoms with E-state index >= 15 is 0 Å². The average Bonchev–Trinajstić information content (AvgIpc) is 3.06. The largest absolute Gasteiger partial charge is 0.490 e. The summed E-state index contributed by atoms with van der Waals surface area (Å²) in [7, 11) is 1.86. The fourth-order valence-electron chi connectivity index (χ4n) is 6.47. The summed E-state index contributed by atoms with van der Waals surface area (Å²) in [6.07, 6.45) is 7.58. The highest BCUT2D eigenvalue weighted by Gasteiger charge is 2.32. The molecular formula is C37H53N3O6. The summed E-state index contributed by atoms with van der Waals surface area (Å²) in [5.41, 5.74) is 1.72. The van der Waals surface area contributed by atoms with E-state index in [1.165, 1.54) is 6.42 Å². The van der Waals surface area contributed by atoms with E-state index in [-0.39, 0.29) is 54.8 Å². The maximum absolute atomic E-state index is 14.3. The van der Waals surface area contributed by atoms with Crippen LogP contribution in [0.15, 0.2) is 48.5 Å². The molecule has 1 aliphatic heterocycles. The molecule has 4 rings (SSSR count). The molecule has 2 aromatic rings. The smallest absolute Gasteiger partial charge is 0.258 e. The highest BCUT2D eigenvalue weighted by Crippen LogP contribution is 2.29. The van der Waals surface area contributed by atoms with Gasteiger partial charge in [-0.3, -0.25) is 14.4 Å². The maximum Gasteiger partial charge on any atom is 0.258 e. The van der Waals surface area contributed by atoms with E-state index in [1.54, 1.807) is 23.1 Å². The lowest BCUT2D eigenvalue weighted by Crippen LogP contribution is -2.48. The third-order valence-corrected chi connectivity index (χ3v) is 9.33. The van der Waals surface area contributed by atoms with Crippen molar-refractivity contribution >= 4 is 23.4 Å². The van der Waals surface area contributed by atoms with Gasteiger partial charge in [-0.2, -0.15) is 0 Å². The molecule has 252 valence electrons. The Kier molecular flexibility index (Phi) is 13.5. The minimum atomic E-state index is -0.480. The number of anilines is 1. The van der Waals surface area contributed by atoms with E-state index in [0.717, 1.165) is 50.5 Å². The first-order valence-corrected chi connectivity index (χ1v) is 17.1. The van der Waals surface area contributed by atoms with Gasteiger partial charge in [0.15, 0.2) is 0 Å². The number of benzene rings is 2. The van der Waals surface area contributed by atoms with Crippen LogP contribution in [0, 0.1) is 11.8 Å². The molecular weight excluding hydrogens is 582 g/mol. The SMILES string of the molecule is C[C@@H]1CN([C@@H](C)CO)C(=O)c2cc(NC(=O)Cc3ccccc3)ccc2O[C@@H](C)CCCCO[C@@H]1CN(C)C(=O)C1CCCCC1. The molecule has 2 N–H and O–H groups in total. The van der Waals surface area contributed by atoms with Gasteiger partial charge in [-0.15, -0.1) is 0 Å². The molecule has 9 nitrogen and oxygen atoms in total. The van der Waals surface area contributed by atoms with Crippen LogP contribution in [0.3, 0.4) is 0 Å². The molecule has 1 saturated carbocycles. The predicted molar refractivity (Wildman–Crippen MR) is 180 cm³/mol. The number of ether oxygens (including phenoxy) is 2. The van der Waals surface area contributed by atoms with Gasteiger partial charge in [-0.05, 0) is 69.7 Å². The zero-order valence-electron chi connectivity index (χ0n) is 28.1. The Hall–Kier alpha value is -3.43. The second-order valence-corrected chi connectivity index (χ2v) is 13.3. The summed E-state index contributed by atoms with van der Waals surface area (Å²) in [4.78, 5) is 44.0. The monoisotopic (exact) mass is 635 g/mol. The van der Waals surface area contributed by atoms with Crippen molar-refractivity contribution in [3.05, 3.63) is 59.7 Å². The number of rotatable bonds is 8. The molecule has 2 aromatic carbocycles. The van der Waals surface area contributed by atoms with Crippen LogP contribution in [-0.4, -0.2) is 84.2 Å². The normalized spacial score (nSPS) is 22.6. The fraction of sp³-hybridized carbons (Fsp3) is 0.595. The van der Waals surface area contributed by atoms with Crippen molar-refractivity contribution in [1.82, 2.24) is 9.80 Å². The Morgan fingerprint density at radius 1 is 1.02 bits per heavy atom. The summed E-state index contributed by atoms with van der Waals surface area (Å²) >= 11 is 0. The van der Waals surface area contributed by atoms with Crippen LogP contribution in [0.25, 0.3) is 0 Å².